The van der Waals surface area contributed by atoms with Crippen molar-refractivity contribution in [1.29, 1.82) is 0 Å². The highest BCUT2D eigenvalue weighted by Crippen LogP contribution is 2.22. The second-order valence-electron chi connectivity index (χ2n) is 3.83. The van der Waals surface area contributed by atoms with Crippen LogP contribution in [0.1, 0.15) is 6.42 Å². The van der Waals surface area contributed by atoms with E-state index in [2.05, 4.69) is 11.0 Å². The molecular weight excluding hydrogens is 256 g/mol. The first kappa shape index (κ1) is 13.6. The lowest BCUT2D eigenvalue weighted by Gasteiger charge is -2.14. The third-order valence-corrected chi connectivity index (χ3v) is 2.48. The number of rotatable bonds is 5. The van der Waals surface area contributed by atoms with Gasteiger partial charge in [-0.15, -0.1) is 0 Å². The summed E-state index contributed by atoms with van der Waals surface area (Å²) in [5, 5.41) is 0. The summed E-state index contributed by atoms with van der Waals surface area (Å²) >= 11 is 0. The van der Waals surface area contributed by atoms with E-state index in [1.54, 1.807) is 30.3 Å². The van der Waals surface area contributed by atoms with Gasteiger partial charge in [0.2, 0.25) is 0 Å². The Morgan fingerprint density at radius 2 is 1.80 bits per heavy atom. The molecule has 0 saturated heterocycles. The summed E-state index contributed by atoms with van der Waals surface area (Å²) in [7, 11) is 0. The topological polar surface area (TPSA) is 36.9 Å². The summed E-state index contributed by atoms with van der Waals surface area (Å²) < 4.78 is 10.6. The Balaban J connectivity index is 1.89. The fourth-order valence-corrected chi connectivity index (χ4v) is 1.60. The molecule has 1 aliphatic carbocycles. The molecule has 4 nitrogen and oxygen atoms in total. The molecule has 1 atom stereocenters. The van der Waals surface area contributed by atoms with Gasteiger partial charge in [0, 0.05) is 6.42 Å². The van der Waals surface area contributed by atoms with Crippen LogP contribution in [-0.4, -0.2) is 6.10 Å². The van der Waals surface area contributed by atoms with E-state index >= 15 is 0 Å². The van der Waals surface area contributed by atoms with Gasteiger partial charge in [0.05, 0.1) is 0 Å². The largest absolute Gasteiger partial charge is 0.458 e. The van der Waals surface area contributed by atoms with Gasteiger partial charge < -0.3 is 9.47 Å². The van der Waals surface area contributed by atoms with Crippen molar-refractivity contribution >= 4 is 0 Å². The molecule has 0 saturated carbocycles. The van der Waals surface area contributed by atoms with Gasteiger partial charge >= 0.3 is 0 Å². The summed E-state index contributed by atoms with van der Waals surface area (Å²) in [6.45, 7) is 0. The third kappa shape index (κ3) is 3.84. The van der Waals surface area contributed by atoms with E-state index in [4.69, 9.17) is 27.2 Å². The number of hydrogen-bond acceptors (Lipinski definition) is 4. The van der Waals surface area contributed by atoms with E-state index in [9.17, 15) is 0 Å². The molecule has 0 spiro atoms. The van der Waals surface area contributed by atoms with Crippen molar-refractivity contribution in [2.75, 3.05) is 0 Å². The van der Waals surface area contributed by atoms with Gasteiger partial charge in [0.15, 0.2) is 6.11 Å². The predicted molar refractivity (Wildman–Crippen MR) is 73.2 cm³/mol. The first-order valence-electron chi connectivity index (χ1n) is 5.88. The number of hydrogen-bond donors (Lipinski definition) is 0. The minimum absolute atomic E-state index is 0.204. The van der Waals surface area contributed by atoms with E-state index in [-0.39, 0.29) is 6.10 Å². The van der Waals surface area contributed by atoms with Crippen LogP contribution in [0.2, 0.25) is 0 Å². The summed E-state index contributed by atoms with van der Waals surface area (Å²) in [5.74, 6) is 1.99. The van der Waals surface area contributed by atoms with Crippen molar-refractivity contribution < 1.29 is 19.2 Å². The maximum absolute atomic E-state index is 5.67. The van der Waals surface area contributed by atoms with Crippen LogP contribution in [0.3, 0.4) is 0 Å². The molecule has 0 bridgehead atoms. The SMILES string of the molecule is C#COOC1C=CC(Oc2ccc(OC#C)cc2)=CC1. The molecule has 0 aromatic heterocycles. The van der Waals surface area contributed by atoms with E-state index < -0.39 is 0 Å². The Morgan fingerprint density at radius 1 is 1.05 bits per heavy atom. The van der Waals surface area contributed by atoms with Gasteiger partial charge in [-0.1, -0.05) is 12.8 Å². The zero-order valence-corrected chi connectivity index (χ0v) is 10.6. The molecular formula is C16H12O4. The highest BCUT2D eigenvalue weighted by Gasteiger charge is 2.11. The Labute approximate surface area is 117 Å². The lowest BCUT2D eigenvalue weighted by molar-refractivity contribution is -0.258. The molecule has 1 unspecified atom stereocenters. The lowest BCUT2D eigenvalue weighted by Crippen LogP contribution is -2.11. The average molecular weight is 268 g/mol. The normalized spacial score (nSPS) is 16.5. The summed E-state index contributed by atoms with van der Waals surface area (Å²) in [6.07, 6.45) is 19.9. The summed E-state index contributed by atoms with van der Waals surface area (Å²) in [5.41, 5.74) is 0. The Morgan fingerprint density at radius 3 is 2.40 bits per heavy atom. The summed E-state index contributed by atoms with van der Waals surface area (Å²) in [4.78, 5) is 9.35. The van der Waals surface area contributed by atoms with Gasteiger partial charge in [-0.05, 0) is 42.5 Å². The predicted octanol–water partition coefficient (Wildman–Crippen LogP) is 2.79. The van der Waals surface area contributed by atoms with Crippen LogP contribution in [0.25, 0.3) is 0 Å². The zero-order chi connectivity index (χ0) is 14.2. The number of allylic oxidation sites excluding steroid dienone is 1. The molecule has 1 aromatic rings. The fraction of sp³-hybridized carbons (Fsp3) is 0.125. The van der Waals surface area contributed by atoms with Crippen molar-refractivity contribution in [1.82, 2.24) is 0 Å². The zero-order valence-electron chi connectivity index (χ0n) is 10.6. The third-order valence-electron chi connectivity index (χ3n) is 2.48. The van der Waals surface area contributed by atoms with E-state index in [0.29, 0.717) is 17.9 Å². The molecule has 0 fully saturated rings. The monoisotopic (exact) mass is 268 g/mol. The van der Waals surface area contributed by atoms with Crippen molar-refractivity contribution in [2.24, 2.45) is 0 Å². The molecule has 0 amide bonds. The Kier molecular flexibility index (Phi) is 4.72. The van der Waals surface area contributed by atoms with Crippen molar-refractivity contribution in [2.45, 2.75) is 12.5 Å². The second-order valence-corrected chi connectivity index (χ2v) is 3.83. The van der Waals surface area contributed by atoms with E-state index in [1.807, 2.05) is 18.3 Å². The van der Waals surface area contributed by atoms with Crippen molar-refractivity contribution in [3.05, 3.63) is 48.3 Å². The van der Waals surface area contributed by atoms with Crippen LogP contribution in [0, 0.1) is 25.1 Å². The molecule has 100 valence electrons. The van der Waals surface area contributed by atoms with Crippen LogP contribution in [0.4, 0.5) is 0 Å². The van der Waals surface area contributed by atoms with Crippen LogP contribution in [0.15, 0.2) is 48.3 Å². The molecule has 4 heteroatoms. The molecule has 2 rings (SSSR count). The van der Waals surface area contributed by atoms with Gasteiger partial charge in [0.1, 0.15) is 29.5 Å². The molecule has 0 radical (unpaired) electrons. The fourth-order valence-electron chi connectivity index (χ4n) is 1.60. The average Bonchev–Trinajstić information content (AvgIpc) is 2.49. The van der Waals surface area contributed by atoms with E-state index in [0.717, 1.165) is 5.76 Å². The van der Waals surface area contributed by atoms with Crippen LogP contribution in [0.5, 0.6) is 11.5 Å². The minimum Gasteiger partial charge on any atom is -0.458 e. The maximum atomic E-state index is 5.67. The Hall–Kier alpha value is -2.82. The number of terminal acetylenes is 2. The maximum Gasteiger partial charge on any atom is 0.153 e. The minimum atomic E-state index is -0.204. The quantitative estimate of drug-likeness (QED) is 0.467. The lowest BCUT2D eigenvalue weighted by atomic mass is 10.1. The molecule has 0 heterocycles. The van der Waals surface area contributed by atoms with Crippen molar-refractivity contribution in [3.8, 4) is 36.6 Å². The van der Waals surface area contributed by atoms with Crippen LogP contribution >= 0.6 is 0 Å². The highest BCUT2D eigenvalue weighted by atomic mass is 17.2. The van der Waals surface area contributed by atoms with Gasteiger partial charge in [0.25, 0.3) is 0 Å². The van der Waals surface area contributed by atoms with Gasteiger partial charge in [-0.25, -0.2) is 0 Å². The standard InChI is InChI=1S/C16H12O4/c1-3-17-13-5-7-14(8-6-13)19-15-9-11-16(12-10-15)20-18-4-2/h1-2,5-11,16H,12H2. The first-order valence-corrected chi connectivity index (χ1v) is 5.88. The van der Waals surface area contributed by atoms with Crippen LogP contribution in [-0.2, 0) is 9.78 Å². The van der Waals surface area contributed by atoms with E-state index in [1.165, 1.54) is 0 Å². The second kappa shape index (κ2) is 6.94. The van der Waals surface area contributed by atoms with Crippen molar-refractivity contribution in [3.63, 3.8) is 0 Å². The molecule has 0 N–H and O–H groups in total. The smallest absolute Gasteiger partial charge is 0.153 e. The Bertz CT molecular complexity index is 584. The molecule has 1 aliphatic rings. The molecule has 1 aromatic carbocycles. The van der Waals surface area contributed by atoms with Gasteiger partial charge in [-0.2, -0.15) is 4.89 Å². The number of ether oxygens (including phenoxy) is 2. The number of benzene rings is 1. The summed E-state index contributed by atoms with van der Waals surface area (Å²) in [6, 6.07) is 7.00. The van der Waals surface area contributed by atoms with Crippen LogP contribution < -0.4 is 9.47 Å². The molecule has 20 heavy (non-hydrogen) atoms. The molecule has 0 aliphatic heterocycles. The highest BCUT2D eigenvalue weighted by molar-refractivity contribution is 5.34. The first-order chi connectivity index (χ1) is 9.81. The van der Waals surface area contributed by atoms with Gasteiger partial charge in [-0.3, -0.25) is 4.89 Å².